The quantitative estimate of drug-likeness (QED) is 0.750. The van der Waals surface area contributed by atoms with E-state index in [2.05, 4.69) is 5.32 Å². The number of thiophene rings is 1. The minimum Gasteiger partial charge on any atom is -0.459 e. The summed E-state index contributed by atoms with van der Waals surface area (Å²) in [7, 11) is 0. The van der Waals surface area contributed by atoms with Gasteiger partial charge in [-0.1, -0.05) is 0 Å². The van der Waals surface area contributed by atoms with Gasteiger partial charge in [0.05, 0.1) is 16.5 Å². The van der Waals surface area contributed by atoms with E-state index in [0.717, 1.165) is 24.2 Å². The van der Waals surface area contributed by atoms with E-state index < -0.39 is 5.97 Å². The molecule has 1 N–H and O–H groups in total. The van der Waals surface area contributed by atoms with Gasteiger partial charge in [-0.2, -0.15) is 0 Å². The number of esters is 1. The average molecular weight is 366 g/mol. The van der Waals surface area contributed by atoms with Crippen molar-refractivity contribution in [2.45, 2.75) is 53.6 Å². The summed E-state index contributed by atoms with van der Waals surface area (Å²) < 4.78 is 5.31. The van der Waals surface area contributed by atoms with Gasteiger partial charge in [0.2, 0.25) is 5.91 Å². The molecular weight excluding hydrogens is 340 g/mol. The summed E-state index contributed by atoms with van der Waals surface area (Å²) in [6.45, 7) is 10.3. The van der Waals surface area contributed by atoms with Crippen LogP contribution >= 0.6 is 11.3 Å². The number of rotatable bonds is 7. The van der Waals surface area contributed by atoms with Crippen molar-refractivity contribution >= 4 is 34.1 Å². The van der Waals surface area contributed by atoms with E-state index in [1.165, 1.54) is 0 Å². The lowest BCUT2D eigenvalue weighted by Gasteiger charge is -2.18. The Morgan fingerprint density at radius 2 is 1.84 bits per heavy atom. The molecule has 0 spiro atoms. The van der Waals surface area contributed by atoms with Crippen molar-refractivity contribution in [1.29, 1.82) is 0 Å². The molecule has 0 aliphatic heterocycles. The summed E-state index contributed by atoms with van der Waals surface area (Å²) in [5.41, 5.74) is 0.863. The van der Waals surface area contributed by atoms with Crippen molar-refractivity contribution in [3.63, 3.8) is 0 Å². The molecule has 2 amide bonds. The lowest BCUT2D eigenvalue weighted by Crippen LogP contribution is -2.30. The van der Waals surface area contributed by atoms with Crippen LogP contribution in [0.3, 0.4) is 0 Å². The van der Waals surface area contributed by atoms with Gasteiger partial charge < -0.3 is 15.0 Å². The Bertz CT molecular complexity index is 673. The first-order valence-corrected chi connectivity index (χ1v) is 9.56. The Balaban J connectivity index is 2.40. The third kappa shape index (κ3) is 4.39. The molecule has 1 aliphatic carbocycles. The van der Waals surface area contributed by atoms with Crippen LogP contribution in [0.15, 0.2) is 0 Å². The van der Waals surface area contributed by atoms with Crippen LogP contribution in [0.2, 0.25) is 0 Å². The lowest BCUT2D eigenvalue weighted by atomic mass is 10.1. The van der Waals surface area contributed by atoms with E-state index in [4.69, 9.17) is 4.74 Å². The average Bonchev–Trinajstić information content (AvgIpc) is 3.33. The monoisotopic (exact) mass is 366 g/mol. The molecule has 0 radical (unpaired) electrons. The summed E-state index contributed by atoms with van der Waals surface area (Å²) in [5.74, 6) is -0.716. The second-order valence-corrected chi connectivity index (χ2v) is 7.48. The summed E-state index contributed by atoms with van der Waals surface area (Å²) in [6, 6.07) is 0. The maximum atomic E-state index is 12.7. The van der Waals surface area contributed by atoms with Crippen LogP contribution in [0.25, 0.3) is 0 Å². The van der Waals surface area contributed by atoms with E-state index in [-0.39, 0.29) is 23.8 Å². The van der Waals surface area contributed by atoms with Gasteiger partial charge in [0.15, 0.2) is 0 Å². The van der Waals surface area contributed by atoms with Gasteiger partial charge in [-0.25, -0.2) is 4.79 Å². The van der Waals surface area contributed by atoms with Gasteiger partial charge in [0.1, 0.15) is 5.00 Å². The van der Waals surface area contributed by atoms with Crippen LogP contribution in [0.4, 0.5) is 5.00 Å². The molecule has 0 aromatic carbocycles. The lowest BCUT2D eigenvalue weighted by molar-refractivity contribution is -0.117. The van der Waals surface area contributed by atoms with Crippen LogP contribution in [0.5, 0.6) is 0 Å². The zero-order valence-corrected chi connectivity index (χ0v) is 16.3. The number of hydrogen-bond acceptors (Lipinski definition) is 5. The molecule has 7 heteroatoms. The smallest absolute Gasteiger partial charge is 0.341 e. The predicted molar refractivity (Wildman–Crippen MR) is 98.2 cm³/mol. The van der Waals surface area contributed by atoms with Gasteiger partial charge in [-0.3, -0.25) is 9.59 Å². The molecule has 25 heavy (non-hydrogen) atoms. The fourth-order valence-corrected chi connectivity index (χ4v) is 3.70. The van der Waals surface area contributed by atoms with Crippen molar-refractivity contribution < 1.29 is 19.1 Å². The van der Waals surface area contributed by atoms with Gasteiger partial charge in [0.25, 0.3) is 5.91 Å². The Hall–Kier alpha value is -1.89. The molecule has 1 heterocycles. The van der Waals surface area contributed by atoms with Gasteiger partial charge in [0, 0.05) is 19.0 Å². The molecule has 6 nitrogen and oxygen atoms in total. The molecule has 1 aliphatic rings. The largest absolute Gasteiger partial charge is 0.459 e. The second kappa shape index (κ2) is 7.99. The Morgan fingerprint density at radius 1 is 1.24 bits per heavy atom. The zero-order chi connectivity index (χ0) is 18.7. The van der Waals surface area contributed by atoms with E-state index in [0.29, 0.717) is 34.1 Å². The Labute approximate surface area is 152 Å². The first kappa shape index (κ1) is 19.4. The maximum Gasteiger partial charge on any atom is 0.341 e. The topological polar surface area (TPSA) is 75.7 Å². The normalized spacial score (nSPS) is 13.7. The molecule has 1 aromatic rings. The van der Waals surface area contributed by atoms with Gasteiger partial charge >= 0.3 is 5.97 Å². The first-order chi connectivity index (χ1) is 11.8. The maximum absolute atomic E-state index is 12.7. The molecule has 1 aromatic heterocycles. The number of carbonyl (C=O) groups excluding carboxylic acids is 3. The molecule has 2 rings (SSSR count). The van der Waals surface area contributed by atoms with Crippen LogP contribution in [-0.2, 0) is 9.53 Å². The van der Waals surface area contributed by atoms with Gasteiger partial charge in [-0.15, -0.1) is 11.3 Å². The summed E-state index contributed by atoms with van der Waals surface area (Å²) in [6.07, 6.45) is 1.46. The summed E-state index contributed by atoms with van der Waals surface area (Å²) >= 11 is 1.16. The number of carbonyl (C=O) groups is 3. The fraction of sp³-hybridized carbons (Fsp3) is 0.611. The second-order valence-electron chi connectivity index (χ2n) is 6.46. The van der Waals surface area contributed by atoms with E-state index >= 15 is 0 Å². The number of hydrogen-bond donors (Lipinski definition) is 1. The highest BCUT2D eigenvalue weighted by atomic mass is 32.1. The minimum absolute atomic E-state index is 0.0123. The van der Waals surface area contributed by atoms with Crippen LogP contribution in [0, 0.1) is 12.8 Å². The number of nitrogens with one attached hydrogen (secondary N) is 1. The summed E-state index contributed by atoms with van der Waals surface area (Å²) in [5, 5.41) is 3.24. The van der Waals surface area contributed by atoms with E-state index in [9.17, 15) is 14.4 Å². The minimum atomic E-state index is -0.506. The van der Waals surface area contributed by atoms with Crippen molar-refractivity contribution in [2.75, 3.05) is 18.4 Å². The molecule has 1 fully saturated rings. The Morgan fingerprint density at radius 3 is 2.32 bits per heavy atom. The SMILES string of the molecule is CCN(CC)C(=O)c1sc(NC(=O)C2CC2)c(C(=O)OC(C)C)c1C. The molecule has 0 bridgehead atoms. The van der Waals surface area contributed by atoms with Crippen molar-refractivity contribution in [3.05, 3.63) is 16.0 Å². The number of anilines is 1. The fourth-order valence-electron chi connectivity index (χ4n) is 2.54. The molecule has 0 unspecified atom stereocenters. The number of nitrogens with zero attached hydrogens (tertiary/aromatic N) is 1. The molecule has 0 atom stereocenters. The zero-order valence-electron chi connectivity index (χ0n) is 15.5. The number of ether oxygens (including phenoxy) is 1. The Kier molecular flexibility index (Phi) is 6.21. The number of amides is 2. The van der Waals surface area contributed by atoms with Crippen molar-refractivity contribution in [1.82, 2.24) is 4.90 Å². The van der Waals surface area contributed by atoms with Gasteiger partial charge in [-0.05, 0) is 53.0 Å². The van der Waals surface area contributed by atoms with Crippen LogP contribution < -0.4 is 5.32 Å². The molecule has 138 valence electrons. The first-order valence-electron chi connectivity index (χ1n) is 8.74. The molecule has 1 saturated carbocycles. The molecular formula is C18H26N2O4S. The highest BCUT2D eigenvalue weighted by Gasteiger charge is 2.33. The van der Waals surface area contributed by atoms with Crippen LogP contribution in [-0.4, -0.2) is 41.9 Å². The predicted octanol–water partition coefficient (Wildman–Crippen LogP) is 3.45. The van der Waals surface area contributed by atoms with Crippen LogP contribution in [0.1, 0.15) is 66.1 Å². The van der Waals surface area contributed by atoms with E-state index in [1.807, 2.05) is 13.8 Å². The third-order valence-electron chi connectivity index (χ3n) is 4.12. The molecule has 0 saturated heterocycles. The standard InChI is InChI=1S/C18H26N2O4S/c1-6-20(7-2)17(22)14-11(5)13(18(23)24-10(3)4)16(25-14)19-15(21)12-8-9-12/h10,12H,6-9H2,1-5H3,(H,19,21). The highest BCUT2D eigenvalue weighted by molar-refractivity contribution is 7.18. The van der Waals surface area contributed by atoms with Crippen molar-refractivity contribution in [3.8, 4) is 0 Å². The highest BCUT2D eigenvalue weighted by Crippen LogP contribution is 2.37. The third-order valence-corrected chi connectivity index (χ3v) is 5.32. The summed E-state index contributed by atoms with van der Waals surface area (Å²) in [4.78, 5) is 39.6. The van der Waals surface area contributed by atoms with Crippen molar-refractivity contribution in [2.24, 2.45) is 5.92 Å². The van der Waals surface area contributed by atoms with E-state index in [1.54, 1.807) is 25.7 Å².